The zero-order valence-electron chi connectivity index (χ0n) is 7.15. The Kier molecular flexibility index (Phi) is 3.41. The number of aliphatic hydroxyl groups is 1. The minimum absolute atomic E-state index is 0.0278. The average Bonchev–Trinajstić information content (AvgIpc) is 2.57. The molecule has 0 saturated carbocycles. The molecule has 72 valence electrons. The molecule has 1 atom stereocenters. The summed E-state index contributed by atoms with van der Waals surface area (Å²) >= 11 is 0. The number of hydrogen-bond acceptors (Lipinski definition) is 4. The number of rotatable bonds is 4. The molecule has 1 aromatic rings. The Labute approximate surface area is 74.9 Å². The summed E-state index contributed by atoms with van der Waals surface area (Å²) in [5.41, 5.74) is 0. The lowest BCUT2D eigenvalue weighted by Gasteiger charge is -2.08. The lowest BCUT2D eigenvalue weighted by Crippen LogP contribution is -2.31. The molecule has 0 aliphatic rings. The highest BCUT2D eigenvalue weighted by molar-refractivity contribution is 5.93. The topological polar surface area (TPSA) is 87.2 Å². The molecule has 0 aliphatic heterocycles. The van der Waals surface area contributed by atoms with Crippen molar-refractivity contribution >= 4 is 11.7 Å². The number of methoxy groups -OCH3 is 1. The van der Waals surface area contributed by atoms with Gasteiger partial charge in [-0.15, -0.1) is 0 Å². The normalized spacial score (nSPS) is 12.5. The van der Waals surface area contributed by atoms with Gasteiger partial charge in [-0.25, -0.2) is 0 Å². The molecule has 0 radical (unpaired) electrons. The Bertz CT molecular complexity index is 260. The van der Waals surface area contributed by atoms with Crippen LogP contribution in [0.3, 0.4) is 0 Å². The molecule has 6 heteroatoms. The van der Waals surface area contributed by atoms with Crippen LogP contribution in [-0.4, -0.2) is 41.0 Å². The summed E-state index contributed by atoms with van der Waals surface area (Å²) in [5, 5.41) is 17.7. The van der Waals surface area contributed by atoms with E-state index in [4.69, 9.17) is 5.11 Å². The summed E-state index contributed by atoms with van der Waals surface area (Å²) in [7, 11) is 1.41. The first-order chi connectivity index (χ1) is 6.24. The number of hydrogen-bond donors (Lipinski definition) is 3. The predicted molar refractivity (Wildman–Crippen MR) is 45.1 cm³/mol. The Morgan fingerprint density at radius 2 is 2.69 bits per heavy atom. The number of nitrogens with one attached hydrogen (secondary N) is 2. The van der Waals surface area contributed by atoms with E-state index in [0.29, 0.717) is 5.82 Å². The summed E-state index contributed by atoms with van der Waals surface area (Å²) < 4.78 is 4.61. The van der Waals surface area contributed by atoms with E-state index in [-0.39, 0.29) is 6.61 Å². The van der Waals surface area contributed by atoms with Crippen LogP contribution in [0, 0.1) is 0 Å². The zero-order chi connectivity index (χ0) is 9.68. The fourth-order valence-electron chi connectivity index (χ4n) is 0.775. The van der Waals surface area contributed by atoms with Crippen LogP contribution < -0.4 is 5.32 Å². The first-order valence-corrected chi connectivity index (χ1v) is 3.71. The summed E-state index contributed by atoms with van der Waals surface area (Å²) in [5.74, 6) is -0.0775. The van der Waals surface area contributed by atoms with Gasteiger partial charge in [-0.1, -0.05) is 0 Å². The third kappa shape index (κ3) is 2.85. The fourth-order valence-corrected chi connectivity index (χ4v) is 0.775. The van der Waals surface area contributed by atoms with Gasteiger partial charge in [0.05, 0.1) is 12.8 Å². The first-order valence-electron chi connectivity index (χ1n) is 3.71. The molecule has 1 amide bonds. The smallest absolute Gasteiger partial charge is 0.256 e. The summed E-state index contributed by atoms with van der Waals surface area (Å²) in [6, 6.07) is 1.58. The van der Waals surface area contributed by atoms with Crippen molar-refractivity contribution in [3.05, 3.63) is 12.3 Å². The lowest BCUT2D eigenvalue weighted by molar-refractivity contribution is -0.126. The molecule has 0 aromatic carbocycles. The van der Waals surface area contributed by atoms with Crippen molar-refractivity contribution in [1.82, 2.24) is 10.2 Å². The second-order valence-electron chi connectivity index (χ2n) is 2.43. The quantitative estimate of drug-likeness (QED) is 0.582. The van der Waals surface area contributed by atoms with E-state index in [2.05, 4.69) is 20.3 Å². The third-order valence-corrected chi connectivity index (χ3v) is 1.39. The Balaban J connectivity index is 2.41. The number of aliphatic hydroxyl groups excluding tert-OH is 1. The summed E-state index contributed by atoms with van der Waals surface area (Å²) in [6.07, 6.45) is 0.339. The van der Waals surface area contributed by atoms with E-state index in [9.17, 15) is 4.79 Å². The molecule has 3 N–H and O–H groups in total. The van der Waals surface area contributed by atoms with Gasteiger partial charge in [0.15, 0.2) is 6.10 Å². The molecular weight excluding hydrogens is 174 g/mol. The van der Waals surface area contributed by atoms with Crippen LogP contribution in [0.2, 0.25) is 0 Å². The maximum atomic E-state index is 11.1. The van der Waals surface area contributed by atoms with Crippen LogP contribution >= 0.6 is 0 Å². The van der Waals surface area contributed by atoms with E-state index in [1.54, 1.807) is 6.07 Å². The SMILES string of the molecule is COCC(O)C(=O)Nc1ccn[nH]1. The standard InChI is InChI=1S/C7H11N3O3/c1-13-4-5(11)7(12)9-6-2-3-8-10-6/h2-3,5,11H,4H2,1H3,(H2,8,9,10,12). The average molecular weight is 185 g/mol. The van der Waals surface area contributed by atoms with Crippen molar-refractivity contribution in [3.8, 4) is 0 Å². The molecular formula is C7H11N3O3. The van der Waals surface area contributed by atoms with Crippen LogP contribution in [-0.2, 0) is 9.53 Å². The largest absolute Gasteiger partial charge is 0.381 e. The molecule has 0 saturated heterocycles. The van der Waals surface area contributed by atoms with E-state index < -0.39 is 12.0 Å². The van der Waals surface area contributed by atoms with Gasteiger partial charge in [0.1, 0.15) is 5.82 Å². The number of anilines is 1. The molecule has 1 rings (SSSR count). The summed E-state index contributed by atoms with van der Waals surface area (Å²) in [4.78, 5) is 11.1. The number of aromatic amines is 1. The monoisotopic (exact) mass is 185 g/mol. The number of carbonyl (C=O) groups is 1. The van der Waals surface area contributed by atoms with Gasteiger partial charge in [-0.3, -0.25) is 9.89 Å². The van der Waals surface area contributed by atoms with Crippen molar-refractivity contribution < 1.29 is 14.6 Å². The number of aromatic nitrogens is 2. The van der Waals surface area contributed by atoms with Gasteiger partial charge in [0.25, 0.3) is 5.91 Å². The lowest BCUT2D eigenvalue weighted by atomic mass is 10.3. The molecule has 13 heavy (non-hydrogen) atoms. The second-order valence-corrected chi connectivity index (χ2v) is 2.43. The molecule has 1 unspecified atom stereocenters. The van der Waals surface area contributed by atoms with Gasteiger partial charge < -0.3 is 15.2 Å². The molecule has 1 heterocycles. The van der Waals surface area contributed by atoms with E-state index >= 15 is 0 Å². The van der Waals surface area contributed by atoms with Crippen LogP contribution in [0.1, 0.15) is 0 Å². The van der Waals surface area contributed by atoms with Crippen molar-refractivity contribution in [2.45, 2.75) is 6.10 Å². The Morgan fingerprint density at radius 1 is 1.92 bits per heavy atom. The molecule has 0 spiro atoms. The van der Waals surface area contributed by atoms with E-state index in [1.807, 2.05) is 0 Å². The highest BCUT2D eigenvalue weighted by Gasteiger charge is 2.14. The molecule has 0 bridgehead atoms. The summed E-state index contributed by atoms with van der Waals surface area (Å²) in [6.45, 7) is -0.0278. The maximum absolute atomic E-state index is 11.1. The van der Waals surface area contributed by atoms with Gasteiger partial charge in [0, 0.05) is 13.2 Å². The van der Waals surface area contributed by atoms with E-state index in [1.165, 1.54) is 13.3 Å². The highest BCUT2D eigenvalue weighted by atomic mass is 16.5. The van der Waals surface area contributed by atoms with Crippen molar-refractivity contribution in [3.63, 3.8) is 0 Å². The fraction of sp³-hybridized carbons (Fsp3) is 0.429. The first kappa shape index (κ1) is 9.69. The maximum Gasteiger partial charge on any atom is 0.256 e. The Hall–Kier alpha value is -1.40. The predicted octanol–water partition coefficient (Wildman–Crippen LogP) is -0.645. The van der Waals surface area contributed by atoms with E-state index in [0.717, 1.165) is 0 Å². The highest BCUT2D eigenvalue weighted by Crippen LogP contribution is 1.99. The van der Waals surface area contributed by atoms with Gasteiger partial charge in [-0.05, 0) is 0 Å². The van der Waals surface area contributed by atoms with Crippen molar-refractivity contribution in [1.29, 1.82) is 0 Å². The number of ether oxygens (including phenoxy) is 1. The minimum atomic E-state index is -1.16. The second kappa shape index (κ2) is 4.58. The number of amides is 1. The van der Waals surface area contributed by atoms with Gasteiger partial charge >= 0.3 is 0 Å². The van der Waals surface area contributed by atoms with Crippen LogP contribution in [0.15, 0.2) is 12.3 Å². The molecule has 0 fully saturated rings. The number of carbonyl (C=O) groups excluding carboxylic acids is 1. The van der Waals surface area contributed by atoms with Crippen molar-refractivity contribution in [2.75, 3.05) is 19.0 Å². The molecule has 6 nitrogen and oxygen atoms in total. The minimum Gasteiger partial charge on any atom is -0.381 e. The number of H-pyrrole nitrogens is 1. The Morgan fingerprint density at radius 3 is 3.23 bits per heavy atom. The van der Waals surface area contributed by atoms with Gasteiger partial charge in [0.2, 0.25) is 0 Å². The molecule has 1 aromatic heterocycles. The molecule has 0 aliphatic carbocycles. The third-order valence-electron chi connectivity index (χ3n) is 1.39. The zero-order valence-corrected chi connectivity index (χ0v) is 7.15. The number of nitrogens with zero attached hydrogens (tertiary/aromatic N) is 1. The van der Waals surface area contributed by atoms with Crippen molar-refractivity contribution in [2.24, 2.45) is 0 Å². The van der Waals surface area contributed by atoms with Gasteiger partial charge in [-0.2, -0.15) is 5.10 Å². The van der Waals surface area contributed by atoms with Crippen LogP contribution in [0.4, 0.5) is 5.82 Å². The van der Waals surface area contributed by atoms with Crippen LogP contribution in [0.25, 0.3) is 0 Å². The van der Waals surface area contributed by atoms with Crippen LogP contribution in [0.5, 0.6) is 0 Å².